The van der Waals surface area contributed by atoms with Gasteiger partial charge in [-0.25, -0.2) is 0 Å². The van der Waals surface area contributed by atoms with Gasteiger partial charge in [-0.1, -0.05) is 60.7 Å². The first-order chi connectivity index (χ1) is 11.3. The maximum absolute atomic E-state index is 6.69. The smallest absolute Gasteiger partial charge is 0.108 e. The van der Waals surface area contributed by atoms with Crippen LogP contribution >= 0.6 is 0 Å². The van der Waals surface area contributed by atoms with E-state index in [1.54, 1.807) is 0 Å². The van der Waals surface area contributed by atoms with Crippen LogP contribution in [0, 0.1) is 0 Å². The Hall–Kier alpha value is -1.64. The molecule has 0 saturated carbocycles. The highest BCUT2D eigenvalue weighted by molar-refractivity contribution is 5.30. The lowest BCUT2D eigenvalue weighted by atomic mass is 9.81. The van der Waals surface area contributed by atoms with Crippen molar-refractivity contribution in [1.29, 1.82) is 0 Å². The summed E-state index contributed by atoms with van der Waals surface area (Å²) >= 11 is 0. The topological polar surface area (TPSA) is 21.3 Å². The fourth-order valence-electron chi connectivity index (χ4n) is 4.12. The van der Waals surface area contributed by atoms with E-state index in [0.29, 0.717) is 0 Å². The quantitative estimate of drug-likeness (QED) is 0.845. The van der Waals surface area contributed by atoms with Crippen LogP contribution in [0.5, 0.6) is 0 Å². The summed E-state index contributed by atoms with van der Waals surface area (Å²) < 4.78 is 6.69. The standard InChI is InChI=1S/C22H29NO/c1-21(2)15-19(16-22(3,4)23-21)24-20(17-11-7-5-8-12-17)18-13-9-6-10-14-18/h5-14,19-20,23H,15-16H2,1-4H3. The van der Waals surface area contributed by atoms with Gasteiger partial charge in [0.05, 0.1) is 6.10 Å². The van der Waals surface area contributed by atoms with E-state index in [1.165, 1.54) is 11.1 Å². The fraction of sp³-hybridized carbons (Fsp3) is 0.455. The molecule has 2 nitrogen and oxygen atoms in total. The SMILES string of the molecule is CC1(C)CC(OC(c2ccccc2)c2ccccc2)CC(C)(C)N1. The van der Waals surface area contributed by atoms with Crippen molar-refractivity contribution in [2.24, 2.45) is 0 Å². The minimum atomic E-state index is -0.0119. The van der Waals surface area contributed by atoms with Crippen LogP contribution in [0.1, 0.15) is 57.8 Å². The van der Waals surface area contributed by atoms with E-state index in [0.717, 1.165) is 12.8 Å². The van der Waals surface area contributed by atoms with Crippen LogP contribution in [-0.2, 0) is 4.74 Å². The van der Waals surface area contributed by atoms with Crippen LogP contribution in [0.4, 0.5) is 0 Å². The molecule has 128 valence electrons. The molecular weight excluding hydrogens is 294 g/mol. The van der Waals surface area contributed by atoms with Gasteiger partial charge >= 0.3 is 0 Å². The van der Waals surface area contributed by atoms with Crippen molar-refractivity contribution in [2.75, 3.05) is 0 Å². The molecule has 1 aliphatic rings. The highest BCUT2D eigenvalue weighted by Crippen LogP contribution is 2.35. The molecule has 0 unspecified atom stereocenters. The van der Waals surface area contributed by atoms with Crippen LogP contribution in [0.15, 0.2) is 60.7 Å². The summed E-state index contributed by atoms with van der Waals surface area (Å²) in [4.78, 5) is 0. The molecule has 0 aromatic heterocycles. The second-order valence-electron chi connectivity index (χ2n) is 8.26. The van der Waals surface area contributed by atoms with E-state index in [2.05, 4.69) is 93.7 Å². The second kappa shape index (κ2) is 6.70. The molecule has 0 radical (unpaired) electrons. The third kappa shape index (κ3) is 4.25. The van der Waals surface area contributed by atoms with E-state index in [4.69, 9.17) is 4.74 Å². The predicted octanol–water partition coefficient (Wildman–Crippen LogP) is 5.10. The molecule has 1 fully saturated rings. The maximum Gasteiger partial charge on any atom is 0.108 e. The lowest BCUT2D eigenvalue weighted by molar-refractivity contribution is -0.0510. The lowest BCUT2D eigenvalue weighted by Gasteiger charge is -2.47. The van der Waals surface area contributed by atoms with E-state index < -0.39 is 0 Å². The Kier molecular flexibility index (Phi) is 4.80. The average Bonchev–Trinajstić information content (AvgIpc) is 2.51. The fourth-order valence-corrected chi connectivity index (χ4v) is 4.12. The van der Waals surface area contributed by atoms with Gasteiger partial charge in [-0.2, -0.15) is 0 Å². The van der Waals surface area contributed by atoms with Gasteiger partial charge in [0.2, 0.25) is 0 Å². The van der Waals surface area contributed by atoms with Crippen molar-refractivity contribution >= 4 is 0 Å². The molecule has 0 aliphatic carbocycles. The Morgan fingerprint density at radius 2 is 1.21 bits per heavy atom. The Balaban J connectivity index is 1.87. The van der Waals surface area contributed by atoms with Crippen LogP contribution in [-0.4, -0.2) is 17.2 Å². The summed E-state index contributed by atoms with van der Waals surface area (Å²) in [6, 6.07) is 21.1. The average molecular weight is 323 g/mol. The molecule has 3 rings (SSSR count). The summed E-state index contributed by atoms with van der Waals surface area (Å²) in [5.74, 6) is 0. The number of hydrogen-bond acceptors (Lipinski definition) is 2. The normalized spacial score (nSPS) is 20.2. The number of ether oxygens (including phenoxy) is 1. The van der Waals surface area contributed by atoms with Crippen LogP contribution in [0.3, 0.4) is 0 Å². The summed E-state index contributed by atoms with van der Waals surface area (Å²) in [5.41, 5.74) is 2.62. The van der Waals surface area contributed by atoms with Crippen molar-refractivity contribution < 1.29 is 4.74 Å². The zero-order valence-corrected chi connectivity index (χ0v) is 15.3. The van der Waals surface area contributed by atoms with E-state index in [9.17, 15) is 0 Å². The molecule has 0 amide bonds. The zero-order chi connectivity index (χ0) is 17.2. The summed E-state index contributed by atoms with van der Waals surface area (Å²) in [6.45, 7) is 9.07. The highest BCUT2D eigenvalue weighted by atomic mass is 16.5. The zero-order valence-electron chi connectivity index (χ0n) is 15.3. The van der Waals surface area contributed by atoms with Crippen molar-refractivity contribution in [1.82, 2.24) is 5.32 Å². The minimum Gasteiger partial charge on any atom is -0.365 e. The number of hydrogen-bond donors (Lipinski definition) is 1. The van der Waals surface area contributed by atoms with Gasteiger partial charge in [0.25, 0.3) is 0 Å². The third-order valence-corrected chi connectivity index (χ3v) is 4.69. The van der Waals surface area contributed by atoms with E-state index >= 15 is 0 Å². The minimum absolute atomic E-state index is 0.0119. The molecule has 1 heterocycles. The molecule has 1 N–H and O–H groups in total. The first kappa shape index (κ1) is 17.2. The van der Waals surface area contributed by atoms with Crippen molar-refractivity contribution in [3.63, 3.8) is 0 Å². The molecule has 0 bridgehead atoms. The summed E-state index contributed by atoms with van der Waals surface area (Å²) in [6.07, 6.45) is 2.27. The Morgan fingerprint density at radius 1 is 0.792 bits per heavy atom. The van der Waals surface area contributed by atoms with Gasteiger partial charge < -0.3 is 10.1 Å². The van der Waals surface area contributed by atoms with E-state index in [-0.39, 0.29) is 23.3 Å². The molecule has 1 saturated heterocycles. The first-order valence-corrected chi connectivity index (χ1v) is 8.89. The Bertz CT molecular complexity index is 593. The molecule has 2 aromatic carbocycles. The monoisotopic (exact) mass is 323 g/mol. The lowest BCUT2D eigenvalue weighted by Crippen LogP contribution is -2.59. The number of piperidine rings is 1. The van der Waals surface area contributed by atoms with Gasteiger partial charge in [0, 0.05) is 11.1 Å². The summed E-state index contributed by atoms with van der Waals surface area (Å²) in [7, 11) is 0. The van der Waals surface area contributed by atoms with Gasteiger partial charge in [-0.15, -0.1) is 0 Å². The molecule has 0 spiro atoms. The highest BCUT2D eigenvalue weighted by Gasteiger charge is 2.39. The Morgan fingerprint density at radius 3 is 1.62 bits per heavy atom. The van der Waals surface area contributed by atoms with Crippen molar-refractivity contribution in [3.05, 3.63) is 71.8 Å². The molecule has 0 atom stereocenters. The van der Waals surface area contributed by atoms with Crippen molar-refractivity contribution in [2.45, 2.75) is 63.8 Å². The second-order valence-corrected chi connectivity index (χ2v) is 8.26. The number of rotatable bonds is 4. The van der Waals surface area contributed by atoms with Crippen LogP contribution < -0.4 is 5.32 Å². The predicted molar refractivity (Wildman–Crippen MR) is 100 cm³/mol. The molecule has 1 aliphatic heterocycles. The number of nitrogens with one attached hydrogen (secondary N) is 1. The molecule has 2 aromatic rings. The third-order valence-electron chi connectivity index (χ3n) is 4.69. The van der Waals surface area contributed by atoms with E-state index in [1.807, 2.05) is 0 Å². The van der Waals surface area contributed by atoms with Crippen LogP contribution in [0.2, 0.25) is 0 Å². The first-order valence-electron chi connectivity index (χ1n) is 8.89. The molecule has 24 heavy (non-hydrogen) atoms. The largest absolute Gasteiger partial charge is 0.365 e. The van der Waals surface area contributed by atoms with Gasteiger partial charge in [-0.05, 0) is 51.7 Å². The maximum atomic E-state index is 6.69. The van der Waals surface area contributed by atoms with Crippen molar-refractivity contribution in [3.8, 4) is 0 Å². The Labute approximate surface area is 146 Å². The van der Waals surface area contributed by atoms with Gasteiger partial charge in [0.15, 0.2) is 0 Å². The summed E-state index contributed by atoms with van der Waals surface area (Å²) in [5, 5.41) is 3.73. The molecule has 2 heteroatoms. The molecular formula is C22H29NO. The number of benzene rings is 2. The van der Waals surface area contributed by atoms with Gasteiger partial charge in [-0.3, -0.25) is 0 Å². The van der Waals surface area contributed by atoms with Crippen LogP contribution in [0.25, 0.3) is 0 Å². The van der Waals surface area contributed by atoms with Gasteiger partial charge in [0.1, 0.15) is 6.10 Å².